The summed E-state index contributed by atoms with van der Waals surface area (Å²) in [6, 6.07) is 15.4. The van der Waals surface area contributed by atoms with Gasteiger partial charge in [0, 0.05) is 16.3 Å². The van der Waals surface area contributed by atoms with Crippen LogP contribution in [-0.2, 0) is 0 Å². The van der Waals surface area contributed by atoms with Crippen molar-refractivity contribution in [1.82, 2.24) is 4.98 Å². The number of hydrogen-bond donors (Lipinski definition) is 1. The lowest BCUT2D eigenvalue weighted by molar-refractivity contribution is 0.102. The summed E-state index contributed by atoms with van der Waals surface area (Å²) in [4.78, 5) is 17.1. The maximum absolute atomic E-state index is 12.7. The van der Waals surface area contributed by atoms with Gasteiger partial charge in [0.1, 0.15) is 18.7 Å². The number of aromatic nitrogens is 1. The van der Waals surface area contributed by atoms with Crippen LogP contribution in [0.5, 0.6) is 11.5 Å². The zero-order valence-electron chi connectivity index (χ0n) is 15.4. The Kier molecular flexibility index (Phi) is 4.73. The lowest BCUT2D eigenvalue weighted by Crippen LogP contribution is -2.17. The molecule has 4 aromatic rings. The Bertz CT molecular complexity index is 1290. The van der Waals surface area contributed by atoms with Crippen molar-refractivity contribution < 1.29 is 18.7 Å². The number of hydrogen-bond acceptors (Lipinski definition) is 5. The van der Waals surface area contributed by atoms with Crippen LogP contribution < -0.4 is 14.8 Å². The first-order chi connectivity index (χ1) is 14.6. The summed E-state index contributed by atoms with van der Waals surface area (Å²) in [5, 5.41) is 3.88. The van der Waals surface area contributed by atoms with E-state index in [-0.39, 0.29) is 5.91 Å². The van der Waals surface area contributed by atoms with Gasteiger partial charge in [-0.3, -0.25) is 4.79 Å². The van der Waals surface area contributed by atoms with E-state index in [1.165, 1.54) is 0 Å². The summed E-state index contributed by atoms with van der Waals surface area (Å²) in [6.45, 7) is 0.957. The topological polar surface area (TPSA) is 73.6 Å². The van der Waals surface area contributed by atoms with Gasteiger partial charge in [0.15, 0.2) is 17.1 Å². The zero-order chi connectivity index (χ0) is 20.7. The Labute approximate surface area is 181 Å². The summed E-state index contributed by atoms with van der Waals surface area (Å²) < 4.78 is 16.8. The monoisotopic (exact) mass is 440 g/mol. The minimum atomic E-state index is -0.270. The van der Waals surface area contributed by atoms with Gasteiger partial charge in [-0.1, -0.05) is 23.2 Å². The number of anilines is 1. The fraction of sp³-hybridized carbons (Fsp3) is 0.0909. The van der Waals surface area contributed by atoms with Gasteiger partial charge in [0.05, 0.1) is 10.6 Å². The smallest absolute Gasteiger partial charge is 0.255 e. The molecule has 2 heterocycles. The lowest BCUT2D eigenvalue weighted by atomic mass is 10.1. The predicted octanol–water partition coefficient (Wildman–Crippen LogP) is 5.83. The quantitative estimate of drug-likeness (QED) is 0.434. The third-order valence-corrected chi connectivity index (χ3v) is 5.17. The second kappa shape index (κ2) is 7.55. The van der Waals surface area contributed by atoms with Crippen LogP contribution in [0.25, 0.3) is 22.6 Å². The van der Waals surface area contributed by atoms with Gasteiger partial charge in [-0.2, -0.15) is 0 Å². The minimum absolute atomic E-state index is 0.270. The highest BCUT2D eigenvalue weighted by Gasteiger charge is 2.16. The Morgan fingerprint density at radius 2 is 1.77 bits per heavy atom. The highest BCUT2D eigenvalue weighted by molar-refractivity contribution is 6.35. The largest absolute Gasteiger partial charge is 0.486 e. The zero-order valence-corrected chi connectivity index (χ0v) is 17.0. The highest BCUT2D eigenvalue weighted by Crippen LogP contribution is 2.33. The number of fused-ring (bicyclic) bond motifs is 2. The van der Waals surface area contributed by atoms with Crippen LogP contribution in [0.4, 0.5) is 5.69 Å². The van der Waals surface area contributed by atoms with Gasteiger partial charge in [0.2, 0.25) is 5.89 Å². The van der Waals surface area contributed by atoms with Crippen molar-refractivity contribution >= 4 is 45.9 Å². The van der Waals surface area contributed by atoms with Crippen LogP contribution >= 0.6 is 23.2 Å². The SMILES string of the molecule is O=C(Nc1ccc2oc(-c3cc(Cl)ccc3Cl)nc2c1)c1ccc2c(c1)OCCO2. The molecular weight excluding hydrogens is 427 g/mol. The molecule has 0 bridgehead atoms. The van der Waals surface area contributed by atoms with Crippen LogP contribution in [0.3, 0.4) is 0 Å². The van der Waals surface area contributed by atoms with E-state index in [0.717, 1.165) is 0 Å². The average molecular weight is 441 g/mol. The number of nitrogens with one attached hydrogen (secondary N) is 1. The van der Waals surface area contributed by atoms with E-state index in [4.69, 9.17) is 37.1 Å². The molecule has 0 atom stereocenters. The second-order valence-corrected chi connectivity index (χ2v) is 7.48. The van der Waals surface area contributed by atoms with Gasteiger partial charge in [0.25, 0.3) is 5.91 Å². The van der Waals surface area contributed by atoms with E-state index in [9.17, 15) is 4.79 Å². The molecule has 0 spiro atoms. The first kappa shape index (κ1) is 18.8. The molecule has 30 heavy (non-hydrogen) atoms. The van der Waals surface area contributed by atoms with Crippen molar-refractivity contribution in [3.05, 3.63) is 70.2 Å². The van der Waals surface area contributed by atoms with E-state index >= 15 is 0 Å². The molecule has 1 N–H and O–H groups in total. The van der Waals surface area contributed by atoms with Gasteiger partial charge >= 0.3 is 0 Å². The van der Waals surface area contributed by atoms with Crippen LogP contribution in [0.15, 0.2) is 59.0 Å². The van der Waals surface area contributed by atoms with E-state index in [2.05, 4.69) is 10.3 Å². The summed E-state index contributed by atoms with van der Waals surface area (Å²) in [7, 11) is 0. The van der Waals surface area contributed by atoms with Crippen molar-refractivity contribution in [2.24, 2.45) is 0 Å². The Morgan fingerprint density at radius 1 is 0.933 bits per heavy atom. The molecule has 0 aliphatic carbocycles. The van der Waals surface area contributed by atoms with Gasteiger partial charge < -0.3 is 19.2 Å². The molecule has 0 unspecified atom stereocenters. The molecule has 0 fully saturated rings. The van der Waals surface area contributed by atoms with Gasteiger partial charge in [-0.15, -0.1) is 0 Å². The molecule has 1 aliphatic rings. The molecule has 1 aromatic heterocycles. The lowest BCUT2D eigenvalue weighted by Gasteiger charge is -2.18. The van der Waals surface area contributed by atoms with Crippen molar-refractivity contribution in [3.63, 3.8) is 0 Å². The molecule has 1 amide bonds. The summed E-state index contributed by atoms with van der Waals surface area (Å²) >= 11 is 12.3. The maximum Gasteiger partial charge on any atom is 0.255 e. The summed E-state index contributed by atoms with van der Waals surface area (Å²) in [5.74, 6) is 1.28. The van der Waals surface area contributed by atoms with E-state index in [0.29, 0.717) is 68.6 Å². The number of carbonyl (C=O) groups excluding carboxylic acids is 1. The van der Waals surface area contributed by atoms with E-state index in [1.54, 1.807) is 54.6 Å². The van der Waals surface area contributed by atoms with E-state index in [1.807, 2.05) is 0 Å². The number of halogens is 2. The van der Waals surface area contributed by atoms with Crippen LogP contribution in [0, 0.1) is 0 Å². The highest BCUT2D eigenvalue weighted by atomic mass is 35.5. The number of benzene rings is 3. The average Bonchev–Trinajstić information content (AvgIpc) is 3.18. The number of rotatable bonds is 3. The summed E-state index contributed by atoms with van der Waals surface area (Å²) in [6.07, 6.45) is 0. The standard InChI is InChI=1S/C22H14Cl2N2O4/c23-13-2-4-16(24)15(10-13)22-26-17-11-14(3-6-18(17)30-22)25-21(27)12-1-5-19-20(9-12)29-8-7-28-19/h1-6,9-11H,7-8H2,(H,25,27). The van der Waals surface area contributed by atoms with Crippen LogP contribution in [0.2, 0.25) is 10.0 Å². The Hall–Kier alpha value is -3.22. The molecule has 0 saturated carbocycles. The predicted molar refractivity (Wildman–Crippen MR) is 115 cm³/mol. The molecule has 1 aliphatic heterocycles. The number of oxazole rings is 1. The fourth-order valence-electron chi connectivity index (χ4n) is 3.17. The Balaban J connectivity index is 1.41. The Morgan fingerprint density at radius 3 is 2.63 bits per heavy atom. The molecule has 150 valence electrons. The number of amides is 1. The molecule has 6 nitrogen and oxygen atoms in total. The molecule has 3 aromatic carbocycles. The fourth-order valence-corrected chi connectivity index (χ4v) is 3.54. The van der Waals surface area contributed by atoms with Crippen molar-refractivity contribution in [2.45, 2.75) is 0 Å². The normalized spacial score (nSPS) is 12.7. The van der Waals surface area contributed by atoms with E-state index < -0.39 is 0 Å². The number of nitrogens with zero attached hydrogens (tertiary/aromatic N) is 1. The summed E-state index contributed by atoms with van der Waals surface area (Å²) in [5.41, 5.74) is 2.80. The molecule has 0 saturated heterocycles. The first-order valence-electron chi connectivity index (χ1n) is 9.14. The number of carbonyl (C=O) groups is 1. The van der Waals surface area contributed by atoms with Crippen LogP contribution in [0.1, 0.15) is 10.4 Å². The third kappa shape index (κ3) is 3.56. The third-order valence-electron chi connectivity index (χ3n) is 4.61. The molecule has 0 radical (unpaired) electrons. The maximum atomic E-state index is 12.7. The molecular formula is C22H14Cl2N2O4. The van der Waals surface area contributed by atoms with Crippen molar-refractivity contribution in [2.75, 3.05) is 18.5 Å². The molecule has 8 heteroatoms. The van der Waals surface area contributed by atoms with Gasteiger partial charge in [-0.25, -0.2) is 4.98 Å². The minimum Gasteiger partial charge on any atom is -0.486 e. The molecule has 5 rings (SSSR count). The van der Waals surface area contributed by atoms with Crippen molar-refractivity contribution in [1.29, 1.82) is 0 Å². The van der Waals surface area contributed by atoms with Gasteiger partial charge in [-0.05, 0) is 54.6 Å². The number of ether oxygens (including phenoxy) is 2. The second-order valence-electron chi connectivity index (χ2n) is 6.64. The van der Waals surface area contributed by atoms with Crippen molar-refractivity contribution in [3.8, 4) is 23.0 Å². The first-order valence-corrected chi connectivity index (χ1v) is 9.89. The van der Waals surface area contributed by atoms with Crippen LogP contribution in [-0.4, -0.2) is 24.1 Å².